The molecule has 0 saturated heterocycles. The van der Waals surface area contributed by atoms with E-state index in [4.69, 9.17) is 4.99 Å². The fraction of sp³-hybridized carbons (Fsp3) is 0.375. The van der Waals surface area contributed by atoms with Crippen molar-refractivity contribution in [3.05, 3.63) is 46.5 Å². The second kappa shape index (κ2) is 4.84. The maximum absolute atomic E-state index is 4.87. The summed E-state index contributed by atoms with van der Waals surface area (Å²) in [5.41, 5.74) is 3.20. The summed E-state index contributed by atoms with van der Waals surface area (Å²) in [7, 11) is 0. The molecule has 3 rings (SSSR count). The second-order valence-electron chi connectivity index (χ2n) is 6.19. The van der Waals surface area contributed by atoms with E-state index in [1.807, 2.05) is 25.1 Å². The van der Waals surface area contributed by atoms with Crippen molar-refractivity contribution in [1.29, 1.82) is 0 Å². The molecule has 0 aliphatic carbocycles. The van der Waals surface area contributed by atoms with Crippen molar-refractivity contribution in [2.45, 2.75) is 40.2 Å². The fourth-order valence-electron chi connectivity index (χ4n) is 2.23. The van der Waals surface area contributed by atoms with Gasteiger partial charge in [0.15, 0.2) is 0 Å². The first-order chi connectivity index (χ1) is 9.87. The molecule has 5 heteroatoms. The lowest BCUT2D eigenvalue weighted by atomic mass is 10.1. The molecule has 0 unspecified atom stereocenters. The molecular weight excluding hydrogens is 280 g/mol. The molecule has 2 aromatic heterocycles. The Hall–Kier alpha value is -1.88. The minimum Gasteiger partial charge on any atom is -0.251 e. The fourth-order valence-corrected chi connectivity index (χ4v) is 3.48. The van der Waals surface area contributed by atoms with E-state index in [1.54, 1.807) is 11.3 Å². The van der Waals surface area contributed by atoms with Crippen molar-refractivity contribution >= 4 is 16.3 Å². The smallest absolute Gasteiger partial charge is 0.213 e. The van der Waals surface area contributed by atoms with E-state index in [0.717, 1.165) is 26.8 Å². The average Bonchev–Trinajstić information content (AvgIpc) is 2.86. The molecule has 4 nitrogen and oxygen atoms in total. The maximum atomic E-state index is 4.87. The van der Waals surface area contributed by atoms with Crippen LogP contribution >= 0.6 is 11.3 Å². The van der Waals surface area contributed by atoms with E-state index >= 15 is 0 Å². The zero-order chi connectivity index (χ0) is 15.2. The highest BCUT2D eigenvalue weighted by Crippen LogP contribution is 2.17. The summed E-state index contributed by atoms with van der Waals surface area (Å²) in [5.74, 6) is 0. The van der Waals surface area contributed by atoms with Crippen LogP contribution in [0, 0.1) is 13.8 Å². The number of imidazole rings is 1. The van der Waals surface area contributed by atoms with E-state index in [0.29, 0.717) is 0 Å². The van der Waals surface area contributed by atoms with Crippen molar-refractivity contribution in [3.63, 3.8) is 0 Å². The molecule has 0 aliphatic rings. The summed E-state index contributed by atoms with van der Waals surface area (Å²) in [6.07, 6.45) is 0. The van der Waals surface area contributed by atoms with Gasteiger partial charge in [-0.05, 0) is 46.8 Å². The van der Waals surface area contributed by atoms with Gasteiger partial charge in [-0.3, -0.25) is 4.99 Å². The predicted molar refractivity (Wildman–Crippen MR) is 87.2 cm³/mol. The Morgan fingerprint density at radius 1 is 1.10 bits per heavy atom. The summed E-state index contributed by atoms with van der Waals surface area (Å²) in [6, 6.07) is 10.3. The van der Waals surface area contributed by atoms with Gasteiger partial charge >= 0.3 is 0 Å². The standard InChI is InChI=1S/C16H20N4S/c1-11-12(2)19-14(17-11)21-15(18-16(3,4)5)20(19)13-9-7-6-8-10-13/h6-10H,1-5H3. The molecule has 3 aromatic rings. The Kier molecular flexibility index (Phi) is 3.24. The first-order valence-corrected chi connectivity index (χ1v) is 7.87. The van der Waals surface area contributed by atoms with E-state index in [-0.39, 0.29) is 5.54 Å². The molecule has 0 N–H and O–H groups in total. The zero-order valence-corrected chi connectivity index (χ0v) is 13.9. The largest absolute Gasteiger partial charge is 0.251 e. The number of para-hydroxylation sites is 1. The van der Waals surface area contributed by atoms with Crippen molar-refractivity contribution in [1.82, 2.24) is 14.2 Å². The van der Waals surface area contributed by atoms with Crippen LogP contribution in [0.25, 0.3) is 10.6 Å². The highest BCUT2D eigenvalue weighted by molar-refractivity contribution is 7.14. The average molecular weight is 300 g/mol. The van der Waals surface area contributed by atoms with Crippen LogP contribution in [0.15, 0.2) is 35.3 Å². The Morgan fingerprint density at radius 3 is 2.38 bits per heavy atom. The van der Waals surface area contributed by atoms with Crippen LogP contribution in [-0.2, 0) is 0 Å². The zero-order valence-electron chi connectivity index (χ0n) is 13.1. The molecule has 0 saturated carbocycles. The van der Waals surface area contributed by atoms with Crippen LogP contribution in [0.1, 0.15) is 32.2 Å². The molecule has 0 radical (unpaired) electrons. The summed E-state index contributed by atoms with van der Waals surface area (Å²) >= 11 is 1.63. The lowest BCUT2D eigenvalue weighted by Gasteiger charge is -2.12. The van der Waals surface area contributed by atoms with Crippen molar-refractivity contribution in [3.8, 4) is 5.69 Å². The lowest BCUT2D eigenvalue weighted by Crippen LogP contribution is -2.23. The normalized spacial score (nSPS) is 13.3. The van der Waals surface area contributed by atoms with Crippen LogP contribution < -0.4 is 4.80 Å². The third-order valence-corrected chi connectivity index (χ3v) is 4.18. The quantitative estimate of drug-likeness (QED) is 0.677. The van der Waals surface area contributed by atoms with E-state index < -0.39 is 0 Å². The monoisotopic (exact) mass is 300 g/mol. The third-order valence-electron chi connectivity index (χ3n) is 3.28. The highest BCUT2D eigenvalue weighted by Gasteiger charge is 2.16. The van der Waals surface area contributed by atoms with Gasteiger partial charge < -0.3 is 0 Å². The second-order valence-corrected chi connectivity index (χ2v) is 7.13. The van der Waals surface area contributed by atoms with E-state index in [2.05, 4.69) is 54.0 Å². The van der Waals surface area contributed by atoms with Crippen LogP contribution in [-0.4, -0.2) is 19.7 Å². The number of rotatable bonds is 1. The van der Waals surface area contributed by atoms with Crippen molar-refractivity contribution in [2.75, 3.05) is 0 Å². The van der Waals surface area contributed by atoms with E-state index in [1.165, 1.54) is 0 Å². The molecule has 0 amide bonds. The third kappa shape index (κ3) is 2.53. The minimum absolute atomic E-state index is 0.123. The number of hydrogen-bond donors (Lipinski definition) is 0. The van der Waals surface area contributed by atoms with E-state index in [9.17, 15) is 0 Å². The lowest BCUT2D eigenvalue weighted by molar-refractivity contribution is 0.554. The molecule has 0 atom stereocenters. The van der Waals surface area contributed by atoms with Gasteiger partial charge in [0.05, 0.1) is 22.6 Å². The Balaban J connectivity index is 2.43. The Labute approximate surface area is 128 Å². The Bertz CT molecular complexity index is 844. The molecule has 2 heterocycles. The van der Waals surface area contributed by atoms with Crippen molar-refractivity contribution in [2.24, 2.45) is 4.99 Å². The SMILES string of the molecule is Cc1nc2sc(=NC(C)(C)C)n(-c3ccccc3)n2c1C. The molecule has 21 heavy (non-hydrogen) atoms. The summed E-state index contributed by atoms with van der Waals surface area (Å²) in [5, 5.41) is 0. The van der Waals surface area contributed by atoms with Crippen LogP contribution in [0.3, 0.4) is 0 Å². The van der Waals surface area contributed by atoms with Gasteiger partial charge in [-0.15, -0.1) is 0 Å². The van der Waals surface area contributed by atoms with Gasteiger partial charge in [0.25, 0.3) is 0 Å². The number of nitrogens with zero attached hydrogens (tertiary/aromatic N) is 4. The predicted octanol–water partition coefficient (Wildman–Crippen LogP) is 3.50. The number of aromatic nitrogens is 3. The van der Waals surface area contributed by atoms with Gasteiger partial charge in [-0.2, -0.15) is 0 Å². The molecule has 0 fully saturated rings. The topological polar surface area (TPSA) is 34.6 Å². The summed E-state index contributed by atoms with van der Waals surface area (Å²) in [6.45, 7) is 10.5. The molecule has 0 spiro atoms. The number of hydrogen-bond acceptors (Lipinski definition) is 3. The molecule has 0 bridgehead atoms. The van der Waals surface area contributed by atoms with Crippen molar-refractivity contribution < 1.29 is 0 Å². The Morgan fingerprint density at radius 2 is 1.76 bits per heavy atom. The summed E-state index contributed by atoms with van der Waals surface area (Å²) < 4.78 is 4.31. The van der Waals surface area contributed by atoms with Gasteiger partial charge in [-0.1, -0.05) is 29.5 Å². The van der Waals surface area contributed by atoms with Crippen LogP contribution in [0.5, 0.6) is 0 Å². The first-order valence-electron chi connectivity index (χ1n) is 7.06. The molecule has 1 aromatic carbocycles. The highest BCUT2D eigenvalue weighted by atomic mass is 32.1. The number of fused-ring (bicyclic) bond motifs is 1. The van der Waals surface area contributed by atoms with Gasteiger partial charge in [0.1, 0.15) is 0 Å². The molecule has 110 valence electrons. The maximum Gasteiger partial charge on any atom is 0.213 e. The van der Waals surface area contributed by atoms with Crippen LogP contribution in [0.4, 0.5) is 0 Å². The molecular formula is C16H20N4S. The summed E-state index contributed by atoms with van der Waals surface area (Å²) in [4.78, 5) is 11.5. The van der Waals surface area contributed by atoms with Gasteiger partial charge in [0.2, 0.25) is 9.76 Å². The first kappa shape index (κ1) is 14.1. The van der Waals surface area contributed by atoms with Crippen LogP contribution in [0.2, 0.25) is 0 Å². The number of aryl methyl sites for hydroxylation is 2. The minimum atomic E-state index is -0.123. The molecule has 0 aliphatic heterocycles. The number of benzene rings is 1. The van der Waals surface area contributed by atoms with Gasteiger partial charge in [0, 0.05) is 0 Å². The van der Waals surface area contributed by atoms with Gasteiger partial charge in [-0.25, -0.2) is 14.2 Å².